The summed E-state index contributed by atoms with van der Waals surface area (Å²) in [6, 6.07) is 61.2. The Labute approximate surface area is 291 Å². The Morgan fingerprint density at radius 3 is 2.02 bits per heavy atom. The maximum absolute atomic E-state index is 6.71. The molecule has 0 saturated heterocycles. The maximum atomic E-state index is 6.71. The lowest BCUT2D eigenvalue weighted by Gasteiger charge is -2.26. The van der Waals surface area contributed by atoms with Crippen LogP contribution in [0.4, 0.5) is 17.1 Å². The molecule has 0 N–H and O–H groups in total. The van der Waals surface area contributed by atoms with Crippen molar-refractivity contribution >= 4 is 103 Å². The zero-order chi connectivity index (χ0) is 32.8. The van der Waals surface area contributed by atoms with Crippen LogP contribution in [-0.4, -0.2) is 4.57 Å². The molecule has 0 spiro atoms. The highest BCUT2D eigenvalue weighted by Gasteiger charge is 2.24. The average Bonchev–Trinajstić information content (AvgIpc) is 3.84. The topological polar surface area (TPSA) is 21.3 Å². The van der Waals surface area contributed by atoms with Crippen LogP contribution in [-0.2, 0) is 0 Å². The van der Waals surface area contributed by atoms with Crippen LogP contribution < -0.4 is 4.90 Å². The molecule has 11 rings (SSSR count). The third kappa shape index (κ3) is 3.97. The van der Waals surface area contributed by atoms with Gasteiger partial charge in [0.25, 0.3) is 0 Å². The number of rotatable bonds is 4. The summed E-state index contributed by atoms with van der Waals surface area (Å²) in [6.45, 7) is 0. The fourth-order valence-corrected chi connectivity index (χ4v) is 9.15. The summed E-state index contributed by atoms with van der Waals surface area (Å²) in [6.07, 6.45) is 0. The van der Waals surface area contributed by atoms with Gasteiger partial charge in [-0.3, -0.25) is 0 Å². The summed E-state index contributed by atoms with van der Waals surface area (Å²) in [5, 5.41) is 9.73. The van der Waals surface area contributed by atoms with Crippen LogP contribution in [0.2, 0.25) is 0 Å². The first-order valence-corrected chi connectivity index (χ1v) is 17.7. The third-order valence-corrected chi connectivity index (χ3v) is 11.3. The van der Waals surface area contributed by atoms with Gasteiger partial charge in [0.15, 0.2) is 5.58 Å². The molecule has 0 unspecified atom stereocenters. The minimum Gasteiger partial charge on any atom is -0.454 e. The molecule has 3 aromatic heterocycles. The largest absolute Gasteiger partial charge is 0.454 e. The van der Waals surface area contributed by atoms with Crippen molar-refractivity contribution in [3.8, 4) is 5.69 Å². The van der Waals surface area contributed by atoms with E-state index in [0.29, 0.717) is 0 Å². The molecule has 11 aromatic rings. The van der Waals surface area contributed by atoms with E-state index in [1.165, 1.54) is 52.8 Å². The Hall–Kier alpha value is -6.36. The van der Waals surface area contributed by atoms with Gasteiger partial charge in [-0.25, -0.2) is 0 Å². The number of para-hydroxylation sites is 4. The summed E-state index contributed by atoms with van der Waals surface area (Å²) >= 11 is 1.86. The quantitative estimate of drug-likeness (QED) is 0.188. The van der Waals surface area contributed by atoms with E-state index in [1.807, 2.05) is 17.4 Å². The van der Waals surface area contributed by atoms with Gasteiger partial charge in [0.1, 0.15) is 5.58 Å². The van der Waals surface area contributed by atoms with E-state index in [2.05, 4.69) is 173 Å². The van der Waals surface area contributed by atoms with Gasteiger partial charge in [0.05, 0.1) is 27.1 Å². The van der Waals surface area contributed by atoms with Crippen molar-refractivity contribution < 1.29 is 4.42 Å². The third-order valence-electron chi connectivity index (χ3n) is 10.1. The molecule has 0 bridgehead atoms. The molecule has 3 heterocycles. The van der Waals surface area contributed by atoms with Crippen LogP contribution in [0.5, 0.6) is 0 Å². The van der Waals surface area contributed by atoms with Gasteiger partial charge < -0.3 is 13.9 Å². The molecule has 3 nitrogen and oxygen atoms in total. The molecule has 0 radical (unpaired) electrons. The van der Waals surface area contributed by atoms with Gasteiger partial charge in [0.2, 0.25) is 0 Å². The summed E-state index contributed by atoms with van der Waals surface area (Å²) in [4.78, 5) is 2.41. The van der Waals surface area contributed by atoms with Crippen LogP contribution in [0.25, 0.3) is 80.4 Å². The predicted octanol–water partition coefficient (Wildman–Crippen LogP) is 13.7. The summed E-state index contributed by atoms with van der Waals surface area (Å²) in [5.41, 5.74) is 8.51. The molecule has 0 aliphatic rings. The van der Waals surface area contributed by atoms with Crippen LogP contribution in [0, 0.1) is 0 Å². The summed E-state index contributed by atoms with van der Waals surface area (Å²) < 4.78 is 11.6. The molecule has 0 saturated carbocycles. The number of fused-ring (bicyclic) bond motifs is 10. The Kier molecular flexibility index (Phi) is 5.83. The maximum Gasteiger partial charge on any atom is 0.159 e. The van der Waals surface area contributed by atoms with Gasteiger partial charge >= 0.3 is 0 Å². The molecule has 234 valence electrons. The fourth-order valence-electron chi connectivity index (χ4n) is 7.92. The second-order valence-electron chi connectivity index (χ2n) is 12.9. The molecule has 0 aliphatic heterocycles. The van der Waals surface area contributed by atoms with Crippen molar-refractivity contribution in [2.24, 2.45) is 0 Å². The number of hydrogen-bond acceptors (Lipinski definition) is 3. The monoisotopic (exact) mass is 656 g/mol. The summed E-state index contributed by atoms with van der Waals surface area (Å²) in [7, 11) is 0. The highest BCUT2D eigenvalue weighted by atomic mass is 32.1. The first-order valence-electron chi connectivity index (χ1n) is 16.9. The molecule has 0 amide bonds. The zero-order valence-corrected chi connectivity index (χ0v) is 27.7. The minimum absolute atomic E-state index is 0.879. The molecule has 0 aliphatic carbocycles. The van der Waals surface area contributed by atoms with Gasteiger partial charge in [0, 0.05) is 48.4 Å². The van der Waals surface area contributed by atoms with E-state index < -0.39 is 0 Å². The number of nitrogens with zero attached hydrogens (tertiary/aromatic N) is 2. The van der Waals surface area contributed by atoms with E-state index in [9.17, 15) is 0 Å². The Balaban J connectivity index is 1.23. The lowest BCUT2D eigenvalue weighted by atomic mass is 10.0. The Bertz CT molecular complexity index is 3110. The molecule has 0 fully saturated rings. The van der Waals surface area contributed by atoms with Crippen LogP contribution in [0.15, 0.2) is 174 Å². The second-order valence-corrected chi connectivity index (χ2v) is 14.0. The molecule has 50 heavy (non-hydrogen) atoms. The number of hydrogen-bond donors (Lipinski definition) is 0. The smallest absolute Gasteiger partial charge is 0.159 e. The molecule has 8 aromatic carbocycles. The van der Waals surface area contributed by atoms with E-state index in [1.54, 1.807) is 0 Å². The first kappa shape index (κ1) is 27.6. The highest BCUT2D eigenvalue weighted by Crippen LogP contribution is 2.49. The average molecular weight is 657 g/mol. The number of anilines is 3. The van der Waals surface area contributed by atoms with Crippen LogP contribution >= 0.6 is 11.3 Å². The van der Waals surface area contributed by atoms with Crippen molar-refractivity contribution in [3.63, 3.8) is 0 Å². The van der Waals surface area contributed by atoms with E-state index in [-0.39, 0.29) is 0 Å². The van der Waals surface area contributed by atoms with Crippen molar-refractivity contribution in [1.29, 1.82) is 0 Å². The van der Waals surface area contributed by atoms with Gasteiger partial charge in [-0.2, -0.15) is 0 Å². The van der Waals surface area contributed by atoms with Crippen LogP contribution in [0.3, 0.4) is 0 Å². The molecule has 4 heteroatoms. The van der Waals surface area contributed by atoms with Gasteiger partial charge in [-0.05, 0) is 77.5 Å². The SMILES string of the molecule is c1ccc(-n2c3ccccc3c3cc(N(c4cccc5c4oc4ccccc45)c4cccc5c4sc4cc6ccccc6cc45)ccc32)cc1. The predicted molar refractivity (Wildman–Crippen MR) is 213 cm³/mol. The standard InChI is InChI=1S/C46H28N2OS/c1-2-14-31(15-3-1)47-39-20-8-6-16-33(39)37-28-32(24-25-40(37)47)48(41-21-10-18-35-34-17-7-9-23-43(34)49-45(35)41)42-22-11-19-36-38-26-29-12-4-5-13-30(29)27-44(38)50-46(36)42/h1-28H. The van der Waals surface area contributed by atoms with E-state index >= 15 is 0 Å². The van der Waals surface area contributed by atoms with Gasteiger partial charge in [-0.15, -0.1) is 11.3 Å². The second kappa shape index (κ2) is 10.6. The summed E-state index contributed by atoms with van der Waals surface area (Å²) in [5.74, 6) is 0. The number of thiophene rings is 1. The molecular weight excluding hydrogens is 629 g/mol. The Morgan fingerprint density at radius 2 is 1.14 bits per heavy atom. The molecule has 0 atom stereocenters. The number of furan rings is 1. The van der Waals surface area contributed by atoms with Crippen LogP contribution in [0.1, 0.15) is 0 Å². The lowest BCUT2D eigenvalue weighted by Crippen LogP contribution is -2.10. The fraction of sp³-hybridized carbons (Fsp3) is 0. The minimum atomic E-state index is 0.879. The first-order chi connectivity index (χ1) is 24.8. The highest BCUT2D eigenvalue weighted by molar-refractivity contribution is 7.26. The number of benzene rings is 8. The van der Waals surface area contributed by atoms with E-state index in [0.717, 1.165) is 44.7 Å². The van der Waals surface area contributed by atoms with Crippen molar-refractivity contribution in [2.75, 3.05) is 4.90 Å². The van der Waals surface area contributed by atoms with E-state index in [4.69, 9.17) is 4.42 Å². The Morgan fingerprint density at radius 1 is 0.460 bits per heavy atom. The number of aromatic nitrogens is 1. The van der Waals surface area contributed by atoms with Crippen molar-refractivity contribution in [2.45, 2.75) is 0 Å². The van der Waals surface area contributed by atoms with Crippen molar-refractivity contribution in [1.82, 2.24) is 4.57 Å². The normalized spacial score (nSPS) is 12.0. The lowest BCUT2D eigenvalue weighted by molar-refractivity contribution is 0.669. The van der Waals surface area contributed by atoms with Gasteiger partial charge in [-0.1, -0.05) is 103 Å². The zero-order valence-electron chi connectivity index (χ0n) is 26.9. The van der Waals surface area contributed by atoms with Crippen molar-refractivity contribution in [3.05, 3.63) is 170 Å². The molecular formula is C46H28N2OS.